The van der Waals surface area contributed by atoms with E-state index in [2.05, 4.69) is 11.7 Å². The summed E-state index contributed by atoms with van der Waals surface area (Å²) in [5, 5.41) is 8.27. The molecule has 0 bridgehead atoms. The molecule has 0 fully saturated rings. The molecule has 0 aliphatic rings. The lowest BCUT2D eigenvalue weighted by atomic mass is 10.4. The molecule has 53 valence electrons. The minimum absolute atomic E-state index is 0.00907. The fourth-order valence-electron chi connectivity index (χ4n) is 0.382. The Morgan fingerprint density at radius 3 is 2.56 bits per heavy atom. The fraction of sp³-hybridized carbons (Fsp3) is 0.600. The third kappa shape index (κ3) is 3.05. The van der Waals surface area contributed by atoms with Gasteiger partial charge in [0.15, 0.2) is 6.10 Å². The number of aliphatic carboxylic acids is 1. The first kappa shape index (κ1) is 8.39. The van der Waals surface area contributed by atoms with Crippen LogP contribution in [0.25, 0.3) is 0 Å². The molecule has 1 radical (unpaired) electrons. The number of ether oxygens (including phenoxy) is 1. The molecular formula is C5H10NO3. The van der Waals surface area contributed by atoms with E-state index < -0.39 is 12.1 Å². The van der Waals surface area contributed by atoms with Gasteiger partial charge in [0.1, 0.15) is 0 Å². The van der Waals surface area contributed by atoms with Gasteiger partial charge in [-0.2, -0.15) is 0 Å². The average molecular weight is 132 g/mol. The summed E-state index contributed by atoms with van der Waals surface area (Å²) in [5.41, 5.74) is 5.03. The second-order valence-corrected chi connectivity index (χ2v) is 1.43. The van der Waals surface area contributed by atoms with Crippen molar-refractivity contribution in [1.29, 1.82) is 0 Å². The summed E-state index contributed by atoms with van der Waals surface area (Å²) in [7, 11) is 0. The average Bonchev–Trinajstić information content (AvgIpc) is 1.82. The van der Waals surface area contributed by atoms with Gasteiger partial charge in [0.25, 0.3) is 0 Å². The third-order valence-electron chi connectivity index (χ3n) is 0.809. The maximum atomic E-state index is 10.1. The van der Waals surface area contributed by atoms with Crippen molar-refractivity contribution < 1.29 is 14.6 Å². The summed E-state index contributed by atoms with van der Waals surface area (Å²) >= 11 is 0. The predicted molar refractivity (Wildman–Crippen MR) is 31.8 cm³/mol. The third-order valence-corrected chi connectivity index (χ3v) is 0.809. The zero-order chi connectivity index (χ0) is 7.28. The highest BCUT2D eigenvalue weighted by atomic mass is 16.5. The topological polar surface area (TPSA) is 72.5 Å². The van der Waals surface area contributed by atoms with Crippen LogP contribution < -0.4 is 5.73 Å². The lowest BCUT2D eigenvalue weighted by Gasteiger charge is -2.07. The van der Waals surface area contributed by atoms with Crippen molar-refractivity contribution in [1.82, 2.24) is 0 Å². The molecule has 0 rings (SSSR count). The molecule has 0 amide bonds. The summed E-state index contributed by atoms with van der Waals surface area (Å²) in [4.78, 5) is 10.1. The highest BCUT2D eigenvalue weighted by molar-refractivity contribution is 5.72. The molecule has 9 heavy (non-hydrogen) atoms. The van der Waals surface area contributed by atoms with Crippen LogP contribution in [0.5, 0.6) is 0 Å². The number of hydrogen-bond acceptors (Lipinski definition) is 3. The van der Waals surface area contributed by atoms with Gasteiger partial charge in [0.2, 0.25) is 0 Å². The molecule has 0 heterocycles. The highest BCUT2D eigenvalue weighted by Gasteiger charge is 2.13. The van der Waals surface area contributed by atoms with Crippen molar-refractivity contribution in [3.63, 3.8) is 0 Å². The van der Waals surface area contributed by atoms with Crippen molar-refractivity contribution in [2.75, 3.05) is 13.2 Å². The van der Waals surface area contributed by atoms with Gasteiger partial charge >= 0.3 is 5.97 Å². The zero-order valence-electron chi connectivity index (χ0n) is 5.04. The van der Waals surface area contributed by atoms with E-state index in [-0.39, 0.29) is 13.2 Å². The van der Waals surface area contributed by atoms with Crippen molar-refractivity contribution in [2.24, 2.45) is 5.73 Å². The van der Waals surface area contributed by atoms with E-state index in [9.17, 15) is 4.79 Å². The minimum atomic E-state index is -1.04. The maximum absolute atomic E-state index is 10.1. The van der Waals surface area contributed by atoms with Gasteiger partial charge in [0, 0.05) is 13.2 Å². The van der Waals surface area contributed by atoms with Gasteiger partial charge in [-0.25, -0.2) is 4.79 Å². The largest absolute Gasteiger partial charge is 0.479 e. The van der Waals surface area contributed by atoms with E-state index >= 15 is 0 Å². The molecule has 0 aliphatic heterocycles. The van der Waals surface area contributed by atoms with Crippen LogP contribution in [0.3, 0.4) is 0 Å². The molecule has 0 aromatic heterocycles. The lowest BCUT2D eigenvalue weighted by Crippen LogP contribution is -2.31. The Kier molecular flexibility index (Phi) is 4.00. The molecule has 0 aromatic rings. The SMILES string of the molecule is [CH2]COC(CN)C(=O)O. The number of hydrogen-bond donors (Lipinski definition) is 2. The predicted octanol–water partition coefficient (Wildman–Crippen LogP) is -0.751. The molecule has 1 atom stereocenters. The van der Waals surface area contributed by atoms with Crippen LogP contribution >= 0.6 is 0 Å². The highest BCUT2D eigenvalue weighted by Crippen LogP contribution is 1.87. The zero-order valence-corrected chi connectivity index (χ0v) is 5.04. The lowest BCUT2D eigenvalue weighted by molar-refractivity contribution is -0.148. The quantitative estimate of drug-likeness (QED) is 0.527. The first-order chi connectivity index (χ1) is 4.22. The van der Waals surface area contributed by atoms with Crippen molar-refractivity contribution in [3.8, 4) is 0 Å². The first-order valence-corrected chi connectivity index (χ1v) is 2.56. The van der Waals surface area contributed by atoms with E-state index in [4.69, 9.17) is 10.8 Å². The minimum Gasteiger partial charge on any atom is -0.479 e. The van der Waals surface area contributed by atoms with E-state index in [1.54, 1.807) is 0 Å². The van der Waals surface area contributed by atoms with Gasteiger partial charge in [-0.15, -0.1) is 0 Å². The Hall–Kier alpha value is -0.610. The summed E-state index contributed by atoms with van der Waals surface area (Å²) in [6.07, 6.45) is -0.900. The number of carboxylic acids is 1. The molecule has 0 saturated carbocycles. The monoisotopic (exact) mass is 132 g/mol. The van der Waals surface area contributed by atoms with Crippen molar-refractivity contribution >= 4 is 5.97 Å². The van der Waals surface area contributed by atoms with Crippen LogP contribution in [0.15, 0.2) is 0 Å². The Balaban J connectivity index is 3.54. The maximum Gasteiger partial charge on any atom is 0.334 e. The fourth-order valence-corrected chi connectivity index (χ4v) is 0.382. The first-order valence-electron chi connectivity index (χ1n) is 2.56. The van der Waals surface area contributed by atoms with Crippen LogP contribution in [0.1, 0.15) is 0 Å². The Morgan fingerprint density at radius 1 is 1.89 bits per heavy atom. The van der Waals surface area contributed by atoms with E-state index in [1.165, 1.54) is 0 Å². The molecular weight excluding hydrogens is 122 g/mol. The molecule has 3 N–H and O–H groups in total. The van der Waals surface area contributed by atoms with E-state index in [0.29, 0.717) is 0 Å². The van der Waals surface area contributed by atoms with Crippen LogP contribution in [0.4, 0.5) is 0 Å². The number of nitrogens with two attached hydrogens (primary N) is 1. The summed E-state index contributed by atoms with van der Waals surface area (Å²) in [6, 6.07) is 0. The Bertz CT molecular complexity index is 94.2. The summed E-state index contributed by atoms with van der Waals surface area (Å²) < 4.78 is 4.62. The van der Waals surface area contributed by atoms with Crippen LogP contribution in [-0.4, -0.2) is 30.3 Å². The van der Waals surface area contributed by atoms with Gasteiger partial charge in [-0.05, 0) is 6.92 Å². The molecule has 4 heteroatoms. The van der Waals surface area contributed by atoms with Crippen LogP contribution in [-0.2, 0) is 9.53 Å². The summed E-state index contributed by atoms with van der Waals surface area (Å²) in [6.45, 7) is 3.44. The van der Waals surface area contributed by atoms with E-state index in [0.717, 1.165) is 0 Å². The number of carbonyl (C=O) groups is 1. The van der Waals surface area contributed by atoms with E-state index in [1.807, 2.05) is 0 Å². The number of carboxylic acid groups (broad SMARTS) is 1. The van der Waals surface area contributed by atoms with Gasteiger partial charge in [-0.1, -0.05) is 0 Å². The number of rotatable bonds is 4. The van der Waals surface area contributed by atoms with Gasteiger partial charge in [0.05, 0.1) is 0 Å². The van der Waals surface area contributed by atoms with Gasteiger partial charge in [-0.3, -0.25) is 0 Å². The molecule has 0 spiro atoms. The Labute approximate surface area is 53.6 Å². The standard InChI is InChI=1S/C5H10NO3/c1-2-9-4(3-6)5(7)8/h4H,1-3,6H2,(H,7,8). The Morgan fingerprint density at radius 2 is 2.44 bits per heavy atom. The van der Waals surface area contributed by atoms with Crippen LogP contribution in [0.2, 0.25) is 0 Å². The van der Waals surface area contributed by atoms with Crippen LogP contribution in [0, 0.1) is 6.92 Å². The molecule has 0 saturated heterocycles. The van der Waals surface area contributed by atoms with Crippen molar-refractivity contribution in [3.05, 3.63) is 6.92 Å². The summed E-state index contributed by atoms with van der Waals surface area (Å²) in [5.74, 6) is -1.04. The molecule has 0 aromatic carbocycles. The second-order valence-electron chi connectivity index (χ2n) is 1.43. The smallest absolute Gasteiger partial charge is 0.334 e. The second kappa shape index (κ2) is 4.29. The normalized spacial score (nSPS) is 13.1. The molecule has 1 unspecified atom stereocenters. The molecule has 0 aliphatic carbocycles. The van der Waals surface area contributed by atoms with Gasteiger partial charge < -0.3 is 15.6 Å². The molecule has 4 nitrogen and oxygen atoms in total. The van der Waals surface area contributed by atoms with Crippen molar-refractivity contribution in [2.45, 2.75) is 6.10 Å².